The summed E-state index contributed by atoms with van der Waals surface area (Å²) >= 11 is 0. The molecule has 3 heteroatoms. The second kappa shape index (κ2) is 2.49. The van der Waals surface area contributed by atoms with Crippen LogP contribution in [-0.2, 0) is 9.47 Å². The second-order valence-corrected chi connectivity index (χ2v) is 2.83. The molecule has 2 aliphatic heterocycles. The Kier molecular flexibility index (Phi) is 1.64. The lowest BCUT2D eigenvalue weighted by Gasteiger charge is -2.39. The first-order valence-corrected chi connectivity index (χ1v) is 3.64. The maximum atomic E-state index is 5.47. The molecule has 0 spiro atoms. The summed E-state index contributed by atoms with van der Waals surface area (Å²) in [7, 11) is 3.91. The summed E-state index contributed by atoms with van der Waals surface area (Å²) in [5.41, 5.74) is 0. The molecule has 0 N–H and O–H groups in total. The summed E-state index contributed by atoms with van der Waals surface area (Å²) in [6, 6.07) is 0.411. The van der Waals surface area contributed by atoms with Crippen LogP contribution < -0.4 is 0 Å². The molecule has 58 valence electrons. The first-order valence-electron chi connectivity index (χ1n) is 3.64. The lowest BCUT2D eigenvalue weighted by Crippen LogP contribution is -2.47. The highest BCUT2D eigenvalue weighted by Gasteiger charge is 2.31. The highest BCUT2D eigenvalue weighted by molar-refractivity contribution is 4.87. The van der Waals surface area contributed by atoms with Gasteiger partial charge in [0.1, 0.15) is 0 Å². The molecule has 0 saturated carbocycles. The second-order valence-electron chi connectivity index (χ2n) is 2.83. The van der Waals surface area contributed by atoms with Gasteiger partial charge in [0.05, 0.1) is 25.9 Å². The highest BCUT2D eigenvalue weighted by Crippen LogP contribution is 2.18. The Morgan fingerprint density at radius 3 is 3.10 bits per heavy atom. The molecular formula is C7H12NO2-. The lowest BCUT2D eigenvalue weighted by atomic mass is 10.1. The predicted molar refractivity (Wildman–Crippen MR) is 36.4 cm³/mol. The smallest absolute Gasteiger partial charge is 0.0962 e. The van der Waals surface area contributed by atoms with Gasteiger partial charge in [-0.05, 0) is 6.54 Å². The molecule has 0 aromatic rings. The minimum absolute atomic E-state index is 0.284. The van der Waals surface area contributed by atoms with Crippen molar-refractivity contribution < 1.29 is 9.47 Å². The third-order valence-corrected chi connectivity index (χ3v) is 2.18. The van der Waals surface area contributed by atoms with E-state index in [0.717, 1.165) is 26.4 Å². The van der Waals surface area contributed by atoms with Gasteiger partial charge in [-0.2, -0.15) is 0 Å². The van der Waals surface area contributed by atoms with Crippen LogP contribution in [0.1, 0.15) is 0 Å². The Hall–Kier alpha value is -0.120. The molecule has 2 heterocycles. The topological polar surface area (TPSA) is 21.7 Å². The van der Waals surface area contributed by atoms with Crippen molar-refractivity contribution in [3.05, 3.63) is 7.05 Å². The van der Waals surface area contributed by atoms with Crippen LogP contribution >= 0.6 is 0 Å². The average Bonchev–Trinajstić information content (AvgIpc) is 2.36. The predicted octanol–water partition coefficient (Wildman–Crippen LogP) is -0.122. The quantitative estimate of drug-likeness (QED) is 0.440. The van der Waals surface area contributed by atoms with E-state index in [0.29, 0.717) is 6.04 Å². The Labute approximate surface area is 60.9 Å². The van der Waals surface area contributed by atoms with Gasteiger partial charge in [-0.25, -0.2) is 0 Å². The molecule has 0 aliphatic carbocycles. The summed E-state index contributed by atoms with van der Waals surface area (Å²) in [6.45, 7) is 3.27. The number of ether oxygens (including phenoxy) is 2. The van der Waals surface area contributed by atoms with Crippen LogP contribution in [0.2, 0.25) is 0 Å². The minimum Gasteiger partial charge on any atom is -0.451 e. The van der Waals surface area contributed by atoms with E-state index in [-0.39, 0.29) is 6.10 Å². The van der Waals surface area contributed by atoms with Crippen molar-refractivity contribution in [3.63, 3.8) is 0 Å². The number of hydrogen-bond acceptors (Lipinski definition) is 3. The van der Waals surface area contributed by atoms with Crippen LogP contribution in [-0.4, -0.2) is 43.4 Å². The van der Waals surface area contributed by atoms with E-state index in [2.05, 4.69) is 11.9 Å². The fraction of sp³-hybridized carbons (Fsp3) is 0.857. The molecule has 10 heavy (non-hydrogen) atoms. The molecule has 2 unspecified atom stereocenters. The summed E-state index contributed by atoms with van der Waals surface area (Å²) < 4.78 is 10.7. The van der Waals surface area contributed by atoms with Crippen molar-refractivity contribution in [2.24, 2.45) is 0 Å². The van der Waals surface area contributed by atoms with Crippen molar-refractivity contribution in [2.45, 2.75) is 12.1 Å². The first kappa shape index (κ1) is 6.58. The Balaban J connectivity index is 2.03. The van der Waals surface area contributed by atoms with E-state index in [9.17, 15) is 0 Å². The van der Waals surface area contributed by atoms with Gasteiger partial charge in [0.25, 0.3) is 0 Å². The standard InChI is InChI=1S/C7H12NO2/c1-8-2-3-10-7-5-9-4-6(7)8/h6-7H,1-5H2/q-1. The molecule has 2 saturated heterocycles. The monoisotopic (exact) mass is 142 g/mol. The summed E-state index contributed by atoms with van der Waals surface area (Å²) in [5.74, 6) is 0. The van der Waals surface area contributed by atoms with E-state index in [1.54, 1.807) is 0 Å². The number of fused-ring (bicyclic) bond motifs is 1. The molecule has 0 amide bonds. The molecule has 3 nitrogen and oxygen atoms in total. The third-order valence-electron chi connectivity index (χ3n) is 2.18. The SMILES string of the molecule is [CH2-]N1CCOC2COCC21. The van der Waals surface area contributed by atoms with E-state index in [4.69, 9.17) is 9.47 Å². The maximum absolute atomic E-state index is 5.47. The van der Waals surface area contributed by atoms with Crippen LogP contribution in [0.4, 0.5) is 0 Å². The maximum Gasteiger partial charge on any atom is 0.0962 e. The number of nitrogens with zero attached hydrogens (tertiary/aromatic N) is 1. The van der Waals surface area contributed by atoms with Gasteiger partial charge in [-0.15, -0.1) is 0 Å². The zero-order valence-electron chi connectivity index (χ0n) is 5.95. The van der Waals surface area contributed by atoms with E-state index < -0.39 is 0 Å². The fourth-order valence-corrected chi connectivity index (χ4v) is 1.51. The van der Waals surface area contributed by atoms with Crippen molar-refractivity contribution in [1.29, 1.82) is 0 Å². The number of hydrogen-bond donors (Lipinski definition) is 0. The van der Waals surface area contributed by atoms with Gasteiger partial charge >= 0.3 is 0 Å². The Morgan fingerprint density at radius 1 is 1.40 bits per heavy atom. The summed E-state index contributed by atoms with van der Waals surface area (Å²) in [4.78, 5) is 2.07. The van der Waals surface area contributed by atoms with E-state index in [1.807, 2.05) is 0 Å². The zero-order valence-corrected chi connectivity index (χ0v) is 5.95. The summed E-state index contributed by atoms with van der Waals surface area (Å²) in [5, 5.41) is 0. The van der Waals surface area contributed by atoms with Crippen LogP contribution in [0.3, 0.4) is 0 Å². The largest absolute Gasteiger partial charge is 0.451 e. The molecule has 0 aromatic carbocycles. The van der Waals surface area contributed by atoms with Crippen molar-refractivity contribution in [3.8, 4) is 0 Å². The third kappa shape index (κ3) is 0.944. The van der Waals surface area contributed by atoms with Crippen molar-refractivity contribution in [2.75, 3.05) is 26.4 Å². The Morgan fingerprint density at radius 2 is 2.30 bits per heavy atom. The summed E-state index contributed by atoms with van der Waals surface area (Å²) in [6.07, 6.45) is 0.284. The zero-order chi connectivity index (χ0) is 6.97. The van der Waals surface area contributed by atoms with Gasteiger partial charge in [0.2, 0.25) is 0 Å². The van der Waals surface area contributed by atoms with Crippen molar-refractivity contribution >= 4 is 0 Å². The van der Waals surface area contributed by atoms with Crippen LogP contribution in [0.5, 0.6) is 0 Å². The minimum atomic E-state index is 0.284. The normalized spacial score (nSPS) is 41.7. The average molecular weight is 142 g/mol. The van der Waals surface area contributed by atoms with Gasteiger partial charge in [-0.3, -0.25) is 7.05 Å². The molecule has 0 bridgehead atoms. The fourth-order valence-electron chi connectivity index (χ4n) is 1.51. The molecule has 2 rings (SSSR count). The highest BCUT2D eigenvalue weighted by atomic mass is 16.6. The molecular weight excluding hydrogens is 130 g/mol. The van der Waals surface area contributed by atoms with Gasteiger partial charge in [0.15, 0.2) is 0 Å². The van der Waals surface area contributed by atoms with Gasteiger partial charge in [-0.1, -0.05) is 0 Å². The van der Waals surface area contributed by atoms with Gasteiger partial charge in [0, 0.05) is 6.04 Å². The van der Waals surface area contributed by atoms with E-state index in [1.165, 1.54) is 0 Å². The number of morpholine rings is 1. The van der Waals surface area contributed by atoms with Crippen molar-refractivity contribution in [1.82, 2.24) is 4.90 Å². The lowest BCUT2D eigenvalue weighted by molar-refractivity contribution is -0.0318. The van der Waals surface area contributed by atoms with Gasteiger partial charge < -0.3 is 14.4 Å². The molecule has 0 aromatic heterocycles. The molecule has 2 fully saturated rings. The van der Waals surface area contributed by atoms with Crippen LogP contribution in [0.15, 0.2) is 0 Å². The molecule has 2 atom stereocenters. The van der Waals surface area contributed by atoms with Crippen LogP contribution in [0, 0.1) is 7.05 Å². The first-order chi connectivity index (χ1) is 4.88. The Bertz CT molecular complexity index is 129. The molecule has 2 aliphatic rings. The van der Waals surface area contributed by atoms with E-state index >= 15 is 0 Å². The molecule has 0 radical (unpaired) electrons. The number of rotatable bonds is 0. The van der Waals surface area contributed by atoms with Crippen LogP contribution in [0.25, 0.3) is 0 Å².